The molecule has 0 spiro atoms. The lowest BCUT2D eigenvalue weighted by Crippen LogP contribution is -2.27. The van der Waals surface area contributed by atoms with Crippen LogP contribution in [0.5, 0.6) is 11.5 Å². The molecule has 1 amide bonds. The Balaban J connectivity index is 1.48. The molecule has 5 rings (SSSR count). The minimum Gasteiger partial charge on any atom is -0.486 e. The smallest absolute Gasteiger partial charge is 0.252 e. The number of ether oxygens (including phenoxy) is 2. The first kappa shape index (κ1) is 19.1. The highest BCUT2D eigenvalue weighted by Gasteiger charge is 2.19. The van der Waals surface area contributed by atoms with Gasteiger partial charge in [-0.2, -0.15) is 0 Å². The maximum atomic E-state index is 13.3. The number of carbonyl (C=O) groups excluding carboxylic acids is 1. The number of pyridine rings is 2. The monoisotopic (exact) mass is 411 g/mol. The third-order valence-electron chi connectivity index (χ3n) is 5.35. The number of hydrogen-bond acceptors (Lipinski definition) is 5. The van der Waals surface area contributed by atoms with E-state index in [1.807, 2.05) is 67.6 Å². The van der Waals surface area contributed by atoms with Crippen molar-refractivity contribution >= 4 is 16.8 Å². The van der Waals surface area contributed by atoms with Crippen LogP contribution in [0.4, 0.5) is 0 Å². The van der Waals surface area contributed by atoms with Crippen molar-refractivity contribution in [1.82, 2.24) is 15.3 Å². The van der Waals surface area contributed by atoms with Crippen LogP contribution in [0.3, 0.4) is 0 Å². The lowest BCUT2D eigenvalue weighted by atomic mass is 10.0. The van der Waals surface area contributed by atoms with Gasteiger partial charge in [-0.3, -0.25) is 9.78 Å². The van der Waals surface area contributed by atoms with E-state index in [0.717, 1.165) is 33.5 Å². The maximum absolute atomic E-state index is 13.3. The minimum absolute atomic E-state index is 0.156. The molecule has 1 atom stereocenters. The van der Waals surface area contributed by atoms with Crippen molar-refractivity contribution in [2.45, 2.75) is 13.0 Å². The Morgan fingerprint density at radius 2 is 1.74 bits per heavy atom. The van der Waals surface area contributed by atoms with Gasteiger partial charge < -0.3 is 14.8 Å². The average molecular weight is 411 g/mol. The highest BCUT2D eigenvalue weighted by Crippen LogP contribution is 2.33. The normalized spacial score (nSPS) is 13.6. The van der Waals surface area contributed by atoms with Crippen molar-refractivity contribution in [3.8, 4) is 22.8 Å². The highest BCUT2D eigenvalue weighted by molar-refractivity contribution is 6.07. The molecular formula is C25H21N3O3. The molecule has 0 unspecified atom stereocenters. The molecule has 3 heterocycles. The first-order valence-corrected chi connectivity index (χ1v) is 10.2. The fraction of sp³-hybridized carbons (Fsp3) is 0.160. The van der Waals surface area contributed by atoms with E-state index in [1.165, 1.54) is 0 Å². The van der Waals surface area contributed by atoms with Gasteiger partial charge in [0, 0.05) is 23.3 Å². The number of benzene rings is 2. The molecule has 1 N–H and O–H groups in total. The summed E-state index contributed by atoms with van der Waals surface area (Å²) in [5.74, 6) is 1.28. The molecule has 0 saturated heterocycles. The van der Waals surface area contributed by atoms with Gasteiger partial charge in [0.25, 0.3) is 5.91 Å². The van der Waals surface area contributed by atoms with Crippen molar-refractivity contribution < 1.29 is 14.3 Å². The van der Waals surface area contributed by atoms with E-state index in [1.54, 1.807) is 12.4 Å². The molecule has 0 bridgehead atoms. The fourth-order valence-corrected chi connectivity index (χ4v) is 3.72. The summed E-state index contributed by atoms with van der Waals surface area (Å²) < 4.78 is 11.3. The van der Waals surface area contributed by atoms with Crippen LogP contribution in [0.1, 0.15) is 28.9 Å². The molecule has 1 aliphatic rings. The predicted molar refractivity (Wildman–Crippen MR) is 118 cm³/mol. The second-order valence-electron chi connectivity index (χ2n) is 7.41. The zero-order chi connectivity index (χ0) is 21.2. The summed E-state index contributed by atoms with van der Waals surface area (Å²) in [6.07, 6.45) is 3.44. The number of aromatic nitrogens is 2. The van der Waals surface area contributed by atoms with Gasteiger partial charge in [-0.05, 0) is 48.9 Å². The predicted octanol–water partition coefficient (Wildman–Crippen LogP) is 4.56. The topological polar surface area (TPSA) is 73.3 Å². The highest BCUT2D eigenvalue weighted by atomic mass is 16.6. The number of para-hydroxylation sites is 1. The van der Waals surface area contributed by atoms with Crippen molar-refractivity contribution in [1.29, 1.82) is 0 Å². The molecule has 154 valence electrons. The molecule has 6 heteroatoms. The Kier molecular flexibility index (Phi) is 4.96. The van der Waals surface area contributed by atoms with Gasteiger partial charge in [-0.25, -0.2) is 4.98 Å². The molecule has 0 fully saturated rings. The second-order valence-corrected chi connectivity index (χ2v) is 7.41. The lowest BCUT2D eigenvalue weighted by Gasteiger charge is -2.21. The second kappa shape index (κ2) is 8.07. The maximum Gasteiger partial charge on any atom is 0.252 e. The zero-order valence-corrected chi connectivity index (χ0v) is 17.0. The lowest BCUT2D eigenvalue weighted by molar-refractivity contribution is 0.0941. The van der Waals surface area contributed by atoms with Gasteiger partial charge in [-0.15, -0.1) is 0 Å². The molecular weight excluding hydrogens is 390 g/mol. The average Bonchev–Trinajstić information content (AvgIpc) is 2.83. The Morgan fingerprint density at radius 1 is 0.968 bits per heavy atom. The van der Waals surface area contributed by atoms with Gasteiger partial charge in [0.1, 0.15) is 13.2 Å². The Hall–Kier alpha value is -3.93. The number of hydrogen-bond donors (Lipinski definition) is 1. The van der Waals surface area contributed by atoms with Crippen LogP contribution >= 0.6 is 0 Å². The summed E-state index contributed by atoms with van der Waals surface area (Å²) in [7, 11) is 0. The Bertz CT molecular complexity index is 1260. The van der Waals surface area contributed by atoms with Crippen molar-refractivity contribution in [3.05, 3.63) is 84.2 Å². The Morgan fingerprint density at radius 3 is 2.58 bits per heavy atom. The van der Waals surface area contributed by atoms with Gasteiger partial charge in [0.15, 0.2) is 11.5 Å². The van der Waals surface area contributed by atoms with Gasteiger partial charge in [0.2, 0.25) is 0 Å². The van der Waals surface area contributed by atoms with Crippen LogP contribution < -0.4 is 14.8 Å². The molecule has 1 aliphatic heterocycles. The largest absolute Gasteiger partial charge is 0.486 e. The Labute approximate surface area is 179 Å². The molecule has 2 aromatic carbocycles. The summed E-state index contributed by atoms with van der Waals surface area (Å²) in [6.45, 7) is 3.03. The minimum atomic E-state index is -0.209. The van der Waals surface area contributed by atoms with Crippen molar-refractivity contribution in [3.63, 3.8) is 0 Å². The van der Waals surface area contributed by atoms with E-state index >= 15 is 0 Å². The number of rotatable bonds is 4. The van der Waals surface area contributed by atoms with Crippen LogP contribution in [-0.2, 0) is 0 Å². The van der Waals surface area contributed by atoms with Gasteiger partial charge >= 0.3 is 0 Å². The van der Waals surface area contributed by atoms with Crippen LogP contribution in [0.25, 0.3) is 22.2 Å². The number of amides is 1. The van der Waals surface area contributed by atoms with Crippen LogP contribution in [0.15, 0.2) is 73.1 Å². The number of nitrogens with zero attached hydrogens (tertiary/aromatic N) is 2. The van der Waals surface area contributed by atoms with E-state index in [9.17, 15) is 4.79 Å². The summed E-state index contributed by atoms with van der Waals surface area (Å²) in [6, 6.07) is 18.8. The molecule has 0 aliphatic carbocycles. The van der Waals surface area contributed by atoms with Gasteiger partial charge in [0.05, 0.1) is 22.8 Å². The number of carbonyl (C=O) groups is 1. The van der Waals surface area contributed by atoms with Crippen LogP contribution in [0, 0.1) is 0 Å². The van der Waals surface area contributed by atoms with Crippen LogP contribution in [0.2, 0.25) is 0 Å². The summed E-state index contributed by atoms with van der Waals surface area (Å²) in [5, 5.41) is 3.93. The van der Waals surface area contributed by atoms with Gasteiger partial charge in [-0.1, -0.05) is 24.3 Å². The molecule has 4 aromatic rings. The first-order valence-electron chi connectivity index (χ1n) is 10.2. The summed E-state index contributed by atoms with van der Waals surface area (Å²) in [4.78, 5) is 22.1. The zero-order valence-electron chi connectivity index (χ0n) is 17.0. The van der Waals surface area contributed by atoms with E-state index in [4.69, 9.17) is 14.5 Å². The van der Waals surface area contributed by atoms with E-state index in [-0.39, 0.29) is 11.9 Å². The summed E-state index contributed by atoms with van der Waals surface area (Å²) in [5.41, 5.74) is 3.95. The molecule has 31 heavy (non-hydrogen) atoms. The third kappa shape index (κ3) is 3.80. The first-order chi connectivity index (χ1) is 15.2. The van der Waals surface area contributed by atoms with Crippen LogP contribution in [-0.4, -0.2) is 29.1 Å². The molecule has 2 aromatic heterocycles. The van der Waals surface area contributed by atoms with E-state index in [0.29, 0.717) is 24.5 Å². The number of fused-ring (bicyclic) bond motifs is 2. The van der Waals surface area contributed by atoms with E-state index < -0.39 is 0 Å². The quantitative estimate of drug-likeness (QED) is 0.533. The number of nitrogens with one attached hydrogen (secondary N) is 1. The van der Waals surface area contributed by atoms with E-state index in [2.05, 4.69) is 10.3 Å². The van der Waals surface area contributed by atoms with Crippen molar-refractivity contribution in [2.75, 3.05) is 13.2 Å². The standard InChI is InChI=1S/C25H21N3O3/c1-16(18-6-7-23-24(14-18)31-13-12-30-23)27-25(29)20-15-22(17-8-10-26-11-9-17)28-21-5-3-2-4-19(20)21/h2-11,14-16H,12-13H2,1H3,(H,27,29)/t16-/m1/s1. The molecule has 0 saturated carbocycles. The molecule has 0 radical (unpaired) electrons. The van der Waals surface area contributed by atoms with Crippen molar-refractivity contribution in [2.24, 2.45) is 0 Å². The third-order valence-corrected chi connectivity index (χ3v) is 5.35. The summed E-state index contributed by atoms with van der Waals surface area (Å²) >= 11 is 0. The SMILES string of the molecule is C[C@@H](NC(=O)c1cc(-c2ccncc2)nc2ccccc12)c1ccc2c(c1)OCCO2. The fourth-order valence-electron chi connectivity index (χ4n) is 3.72. The molecule has 6 nitrogen and oxygen atoms in total.